The van der Waals surface area contributed by atoms with E-state index in [1.165, 1.54) is 5.56 Å². The average molecular weight is 433 g/mol. The number of benzene rings is 1. The highest BCUT2D eigenvalue weighted by Crippen LogP contribution is 2.25. The number of aryl methyl sites for hydroxylation is 1. The van der Waals surface area contributed by atoms with Gasteiger partial charge in [-0.2, -0.15) is 5.10 Å². The van der Waals surface area contributed by atoms with Crippen LogP contribution >= 0.6 is 0 Å². The average Bonchev–Trinajstić information content (AvgIpc) is 3.28. The van der Waals surface area contributed by atoms with E-state index in [0.29, 0.717) is 18.1 Å². The van der Waals surface area contributed by atoms with E-state index in [9.17, 15) is 4.79 Å². The number of carbonyl (C=O) groups is 1. The smallest absolute Gasteiger partial charge is 0.257 e. The van der Waals surface area contributed by atoms with Crippen LogP contribution in [0.4, 0.5) is 0 Å². The summed E-state index contributed by atoms with van der Waals surface area (Å²) in [5.74, 6) is 2.43. The number of pyridine rings is 1. The zero-order valence-corrected chi connectivity index (χ0v) is 19.0. The Morgan fingerprint density at radius 2 is 1.88 bits per heavy atom. The lowest BCUT2D eigenvalue weighted by atomic mass is 9.90. The molecule has 0 bridgehead atoms. The zero-order chi connectivity index (χ0) is 22.3. The van der Waals surface area contributed by atoms with Gasteiger partial charge in [-0.05, 0) is 74.8 Å². The second-order valence-electron chi connectivity index (χ2n) is 8.31. The van der Waals surface area contributed by atoms with Gasteiger partial charge in [0.05, 0.1) is 24.1 Å². The third-order valence-electron chi connectivity index (χ3n) is 6.28. The van der Waals surface area contributed by atoms with Crippen molar-refractivity contribution in [2.45, 2.75) is 46.0 Å². The lowest BCUT2D eigenvalue weighted by Gasteiger charge is -2.32. The minimum atomic E-state index is 0.0917. The van der Waals surface area contributed by atoms with Crippen molar-refractivity contribution in [3.63, 3.8) is 0 Å². The number of carbonyl (C=O) groups excluding carboxylic acids is 1. The second-order valence-corrected chi connectivity index (χ2v) is 8.31. The van der Waals surface area contributed by atoms with E-state index in [0.717, 1.165) is 62.5 Å². The van der Waals surface area contributed by atoms with Crippen molar-refractivity contribution in [1.29, 1.82) is 0 Å². The Bertz CT molecular complexity index is 1010. The normalized spacial score (nSPS) is 14.5. The predicted molar refractivity (Wildman–Crippen MR) is 125 cm³/mol. The van der Waals surface area contributed by atoms with Gasteiger partial charge in [-0.25, -0.2) is 9.67 Å². The third kappa shape index (κ3) is 5.01. The molecule has 4 rings (SSSR count). The van der Waals surface area contributed by atoms with Crippen LogP contribution in [0.2, 0.25) is 0 Å². The largest absolute Gasteiger partial charge is 0.494 e. The number of aromatic nitrogens is 3. The maximum Gasteiger partial charge on any atom is 0.257 e. The first kappa shape index (κ1) is 22.1. The molecular formula is C26H32N4O2. The molecule has 0 spiro atoms. The van der Waals surface area contributed by atoms with Crippen molar-refractivity contribution in [2.24, 2.45) is 5.92 Å². The van der Waals surface area contributed by atoms with Crippen LogP contribution in [0.15, 0.2) is 54.9 Å². The third-order valence-corrected chi connectivity index (χ3v) is 6.28. The fraction of sp³-hybridized carbons (Fsp3) is 0.423. The van der Waals surface area contributed by atoms with Gasteiger partial charge in [0.25, 0.3) is 5.91 Å². The first-order chi connectivity index (χ1) is 15.7. The van der Waals surface area contributed by atoms with E-state index in [1.54, 1.807) is 17.1 Å². The molecule has 1 aliphatic rings. The van der Waals surface area contributed by atoms with Crippen LogP contribution < -0.4 is 4.74 Å². The minimum Gasteiger partial charge on any atom is -0.494 e. The fourth-order valence-corrected chi connectivity index (χ4v) is 4.45. The molecule has 32 heavy (non-hydrogen) atoms. The Balaban J connectivity index is 1.32. The van der Waals surface area contributed by atoms with Crippen molar-refractivity contribution in [1.82, 2.24) is 19.7 Å². The molecule has 0 atom stereocenters. The standard InChI is InChI=1S/C26H32N4O2/c1-3-24-23(19-28-30(24)25-7-5-6-16-27-25)26(31)29-17-14-21(15-18-29)9-8-20-10-12-22(13-11-20)32-4-2/h5-7,10-13,16,19,21H,3-4,8-9,14-15,17-18H2,1-2H3. The Morgan fingerprint density at radius 1 is 1.09 bits per heavy atom. The number of nitrogens with zero attached hydrogens (tertiary/aromatic N) is 4. The Labute approximate surface area is 190 Å². The summed E-state index contributed by atoms with van der Waals surface area (Å²) in [6, 6.07) is 14.2. The summed E-state index contributed by atoms with van der Waals surface area (Å²) in [4.78, 5) is 19.6. The Kier molecular flexibility index (Phi) is 7.20. The molecule has 1 aliphatic heterocycles. The number of piperidine rings is 1. The van der Waals surface area contributed by atoms with Crippen molar-refractivity contribution >= 4 is 5.91 Å². The van der Waals surface area contributed by atoms with Gasteiger partial charge in [-0.1, -0.05) is 25.1 Å². The molecule has 6 nitrogen and oxygen atoms in total. The maximum absolute atomic E-state index is 13.2. The molecule has 1 fully saturated rings. The summed E-state index contributed by atoms with van der Waals surface area (Å²) in [5, 5.41) is 4.47. The molecule has 0 N–H and O–H groups in total. The molecule has 0 unspecified atom stereocenters. The van der Waals surface area contributed by atoms with Crippen LogP contribution in [0.1, 0.15) is 54.7 Å². The van der Waals surface area contributed by atoms with Gasteiger partial charge in [0.15, 0.2) is 5.82 Å². The van der Waals surface area contributed by atoms with E-state index in [4.69, 9.17) is 4.74 Å². The Morgan fingerprint density at radius 3 is 2.53 bits per heavy atom. The van der Waals surface area contributed by atoms with Gasteiger partial charge in [0.1, 0.15) is 5.75 Å². The van der Waals surface area contributed by atoms with Gasteiger partial charge in [0.2, 0.25) is 0 Å². The highest BCUT2D eigenvalue weighted by Gasteiger charge is 2.27. The number of hydrogen-bond acceptors (Lipinski definition) is 4. The van der Waals surface area contributed by atoms with Crippen LogP contribution in [-0.4, -0.2) is 45.3 Å². The molecule has 2 aromatic heterocycles. The lowest BCUT2D eigenvalue weighted by molar-refractivity contribution is 0.0686. The summed E-state index contributed by atoms with van der Waals surface area (Å²) in [6.07, 6.45) is 8.52. The van der Waals surface area contributed by atoms with E-state index in [-0.39, 0.29) is 5.91 Å². The summed E-state index contributed by atoms with van der Waals surface area (Å²) < 4.78 is 7.31. The van der Waals surface area contributed by atoms with E-state index in [2.05, 4.69) is 41.3 Å². The summed E-state index contributed by atoms with van der Waals surface area (Å²) in [5.41, 5.74) is 2.97. The molecule has 0 radical (unpaired) electrons. The molecule has 0 aliphatic carbocycles. The highest BCUT2D eigenvalue weighted by molar-refractivity contribution is 5.95. The molecular weight excluding hydrogens is 400 g/mol. The van der Waals surface area contributed by atoms with Crippen LogP contribution in [0.5, 0.6) is 5.75 Å². The summed E-state index contributed by atoms with van der Waals surface area (Å²) in [6.45, 7) is 6.37. The van der Waals surface area contributed by atoms with Gasteiger partial charge >= 0.3 is 0 Å². The fourth-order valence-electron chi connectivity index (χ4n) is 4.45. The first-order valence-electron chi connectivity index (χ1n) is 11.7. The minimum absolute atomic E-state index is 0.0917. The number of hydrogen-bond donors (Lipinski definition) is 0. The van der Waals surface area contributed by atoms with E-state index >= 15 is 0 Å². The molecule has 1 saturated heterocycles. The van der Waals surface area contributed by atoms with E-state index < -0.39 is 0 Å². The van der Waals surface area contributed by atoms with Crippen LogP contribution in [0.25, 0.3) is 5.82 Å². The van der Waals surface area contributed by atoms with Crippen LogP contribution in [0.3, 0.4) is 0 Å². The number of amides is 1. The van der Waals surface area contributed by atoms with Crippen LogP contribution in [0, 0.1) is 5.92 Å². The topological polar surface area (TPSA) is 60.2 Å². The lowest BCUT2D eigenvalue weighted by Crippen LogP contribution is -2.38. The number of ether oxygens (including phenoxy) is 1. The van der Waals surface area contributed by atoms with Crippen molar-refractivity contribution in [2.75, 3.05) is 19.7 Å². The van der Waals surface area contributed by atoms with Gasteiger partial charge in [-0.15, -0.1) is 0 Å². The monoisotopic (exact) mass is 432 g/mol. The number of likely N-dealkylation sites (tertiary alicyclic amines) is 1. The number of rotatable bonds is 8. The zero-order valence-electron chi connectivity index (χ0n) is 19.0. The molecule has 6 heteroatoms. The molecule has 1 aromatic carbocycles. The van der Waals surface area contributed by atoms with Crippen molar-refractivity contribution in [3.8, 4) is 11.6 Å². The summed E-state index contributed by atoms with van der Waals surface area (Å²) in [7, 11) is 0. The highest BCUT2D eigenvalue weighted by atomic mass is 16.5. The first-order valence-corrected chi connectivity index (χ1v) is 11.7. The Hall–Kier alpha value is -3.15. The molecule has 168 valence electrons. The van der Waals surface area contributed by atoms with Crippen molar-refractivity contribution in [3.05, 3.63) is 71.7 Å². The molecule has 1 amide bonds. The summed E-state index contributed by atoms with van der Waals surface area (Å²) >= 11 is 0. The predicted octanol–water partition coefficient (Wildman–Crippen LogP) is 4.71. The van der Waals surface area contributed by atoms with Gasteiger partial charge < -0.3 is 9.64 Å². The van der Waals surface area contributed by atoms with Crippen molar-refractivity contribution < 1.29 is 9.53 Å². The van der Waals surface area contributed by atoms with E-state index in [1.807, 2.05) is 30.0 Å². The molecule has 0 saturated carbocycles. The maximum atomic E-state index is 13.2. The second kappa shape index (κ2) is 10.4. The van der Waals surface area contributed by atoms with Crippen LogP contribution in [-0.2, 0) is 12.8 Å². The van der Waals surface area contributed by atoms with Gasteiger partial charge in [-0.3, -0.25) is 4.79 Å². The quantitative estimate of drug-likeness (QED) is 0.517. The SMILES string of the molecule is CCOc1ccc(CCC2CCN(C(=O)c3cnn(-c4ccccn4)c3CC)CC2)cc1. The molecule has 3 aromatic rings. The molecule has 3 heterocycles. The van der Waals surface area contributed by atoms with Gasteiger partial charge in [0, 0.05) is 19.3 Å².